The molecule has 0 spiro atoms. The predicted molar refractivity (Wildman–Crippen MR) is 110 cm³/mol. The van der Waals surface area contributed by atoms with Gasteiger partial charge in [-0.05, 0) is 36.2 Å². The van der Waals surface area contributed by atoms with Crippen LogP contribution in [0.2, 0.25) is 5.02 Å². The van der Waals surface area contributed by atoms with Gasteiger partial charge in [-0.1, -0.05) is 23.7 Å². The van der Waals surface area contributed by atoms with Gasteiger partial charge < -0.3 is 15.1 Å². The number of halogens is 1. The van der Waals surface area contributed by atoms with Crippen LogP contribution in [0, 0.1) is 10.1 Å². The second kappa shape index (κ2) is 8.97. The molecule has 1 heterocycles. The first kappa shape index (κ1) is 22.0. The third kappa shape index (κ3) is 4.56. The number of carbonyl (C=O) groups is 3. The maximum absolute atomic E-state index is 12.8. The molecule has 0 aliphatic carbocycles. The van der Waals surface area contributed by atoms with Gasteiger partial charge in [-0.25, -0.2) is 0 Å². The number of hydrogen-bond donors (Lipinski definition) is 2. The van der Waals surface area contributed by atoms with Crippen molar-refractivity contribution < 1.29 is 29.5 Å². The van der Waals surface area contributed by atoms with Crippen LogP contribution in [0.4, 0.5) is 5.69 Å². The molecule has 1 aliphatic heterocycles. The van der Waals surface area contributed by atoms with E-state index in [0.29, 0.717) is 10.6 Å². The Morgan fingerprint density at radius 3 is 2.23 bits per heavy atom. The number of likely N-dealkylation sites (tertiary alicyclic amines) is 1. The van der Waals surface area contributed by atoms with E-state index in [4.69, 9.17) is 16.7 Å². The molecule has 0 radical (unpaired) electrons. The smallest absolute Gasteiger partial charge is 0.303 e. The summed E-state index contributed by atoms with van der Waals surface area (Å²) < 4.78 is 0. The highest BCUT2D eigenvalue weighted by Gasteiger charge is 2.45. The Bertz CT molecular complexity index is 1080. The Morgan fingerprint density at radius 1 is 1.06 bits per heavy atom. The van der Waals surface area contributed by atoms with Crippen molar-refractivity contribution in [3.63, 3.8) is 0 Å². The summed E-state index contributed by atoms with van der Waals surface area (Å²) >= 11 is 5.94. The monoisotopic (exact) mass is 444 g/mol. The Balaban J connectivity index is 2.08. The minimum absolute atomic E-state index is 0.0127. The lowest BCUT2D eigenvalue weighted by Gasteiger charge is -2.25. The van der Waals surface area contributed by atoms with Gasteiger partial charge in [0, 0.05) is 35.7 Å². The molecule has 9 nitrogen and oxygen atoms in total. The largest absolute Gasteiger partial charge is 0.507 e. The zero-order valence-electron chi connectivity index (χ0n) is 16.0. The number of ketones is 1. The van der Waals surface area contributed by atoms with E-state index >= 15 is 0 Å². The number of hydrogen-bond acceptors (Lipinski definition) is 6. The third-order valence-corrected chi connectivity index (χ3v) is 5.12. The van der Waals surface area contributed by atoms with Crippen molar-refractivity contribution in [1.29, 1.82) is 0 Å². The molecule has 0 aromatic heterocycles. The third-order valence-electron chi connectivity index (χ3n) is 4.87. The van der Waals surface area contributed by atoms with Crippen LogP contribution in [0.1, 0.15) is 30.0 Å². The van der Waals surface area contributed by atoms with Crippen molar-refractivity contribution in [2.24, 2.45) is 0 Å². The fraction of sp³-hybridized carbons (Fsp3) is 0.190. The number of rotatable bonds is 7. The Hall–Kier alpha value is -3.72. The number of aliphatic carboxylic acids is 1. The van der Waals surface area contributed by atoms with Crippen LogP contribution in [0.25, 0.3) is 5.76 Å². The molecule has 2 aromatic rings. The molecule has 160 valence electrons. The van der Waals surface area contributed by atoms with E-state index in [9.17, 15) is 29.6 Å². The molecular formula is C21H17ClN2O7. The van der Waals surface area contributed by atoms with Crippen molar-refractivity contribution in [2.45, 2.75) is 18.9 Å². The number of nitrogens with zero attached hydrogens (tertiary/aromatic N) is 2. The standard InChI is InChI=1S/C21H17ClN2O7/c22-14-7-3-12(4-8-14)18-17(19(27)13-5-9-15(10-6-13)24(30)31)20(28)21(29)23(18)11-1-2-16(25)26/h3-10,18,27H,1-2,11H2,(H,25,26)/t18-/m0/s1. The van der Waals surface area contributed by atoms with Gasteiger partial charge in [0.05, 0.1) is 16.5 Å². The highest BCUT2D eigenvalue weighted by molar-refractivity contribution is 6.46. The van der Waals surface area contributed by atoms with E-state index < -0.39 is 34.4 Å². The molecule has 2 aromatic carbocycles. The Kier molecular flexibility index (Phi) is 6.36. The van der Waals surface area contributed by atoms with Crippen molar-refractivity contribution >= 4 is 40.7 Å². The van der Waals surface area contributed by atoms with Crippen LogP contribution in [0.5, 0.6) is 0 Å². The van der Waals surface area contributed by atoms with E-state index in [1.807, 2.05) is 0 Å². The van der Waals surface area contributed by atoms with Gasteiger partial charge in [-0.3, -0.25) is 24.5 Å². The van der Waals surface area contributed by atoms with E-state index in [1.54, 1.807) is 24.3 Å². The molecule has 0 saturated carbocycles. The number of carbonyl (C=O) groups excluding carboxylic acids is 2. The van der Waals surface area contributed by atoms with Crippen molar-refractivity contribution in [2.75, 3.05) is 6.54 Å². The van der Waals surface area contributed by atoms with Crippen LogP contribution in [-0.2, 0) is 14.4 Å². The molecule has 1 aliphatic rings. The lowest BCUT2D eigenvalue weighted by atomic mass is 9.95. The lowest BCUT2D eigenvalue weighted by Crippen LogP contribution is -2.31. The number of nitro groups is 1. The minimum atomic E-state index is -1.04. The summed E-state index contributed by atoms with van der Waals surface area (Å²) in [5, 5.41) is 31.0. The van der Waals surface area contributed by atoms with Crippen LogP contribution in [0.15, 0.2) is 54.1 Å². The topological polar surface area (TPSA) is 138 Å². The SMILES string of the molecule is O=C(O)CCCN1C(=O)C(=O)C(=C(O)c2ccc([N+](=O)[O-])cc2)[C@@H]1c1ccc(Cl)cc1. The summed E-state index contributed by atoms with van der Waals surface area (Å²) in [6.45, 7) is -0.0127. The van der Waals surface area contributed by atoms with Gasteiger partial charge in [0.25, 0.3) is 17.4 Å². The molecule has 2 N–H and O–H groups in total. The van der Waals surface area contributed by atoms with Gasteiger partial charge >= 0.3 is 5.97 Å². The molecule has 1 saturated heterocycles. The fourth-order valence-electron chi connectivity index (χ4n) is 3.40. The molecule has 10 heteroatoms. The van der Waals surface area contributed by atoms with E-state index in [-0.39, 0.29) is 36.2 Å². The first-order valence-electron chi connectivity index (χ1n) is 9.21. The number of nitro benzene ring substituents is 1. The van der Waals surface area contributed by atoms with Crippen molar-refractivity contribution in [3.05, 3.63) is 80.4 Å². The number of carboxylic acids is 1. The summed E-state index contributed by atoms with van der Waals surface area (Å²) in [6, 6.07) is 10.3. The molecular weight excluding hydrogens is 428 g/mol. The number of aliphatic hydroxyl groups excluding tert-OH is 1. The van der Waals surface area contributed by atoms with E-state index in [2.05, 4.69) is 0 Å². The normalized spacial score (nSPS) is 17.7. The zero-order chi connectivity index (χ0) is 22.7. The van der Waals surface area contributed by atoms with Crippen molar-refractivity contribution in [1.82, 2.24) is 4.90 Å². The molecule has 1 atom stereocenters. The number of Topliss-reactive ketones (excluding diaryl/α,β-unsaturated/α-hetero) is 1. The number of carboxylic acid groups (broad SMARTS) is 1. The second-order valence-corrected chi connectivity index (χ2v) is 7.28. The lowest BCUT2D eigenvalue weighted by molar-refractivity contribution is -0.384. The molecule has 1 fully saturated rings. The highest BCUT2D eigenvalue weighted by Crippen LogP contribution is 2.40. The molecule has 3 rings (SSSR count). The summed E-state index contributed by atoms with van der Waals surface area (Å²) in [5.74, 6) is -3.31. The van der Waals surface area contributed by atoms with Gasteiger partial charge in [0.15, 0.2) is 0 Å². The second-order valence-electron chi connectivity index (χ2n) is 6.85. The Morgan fingerprint density at radius 2 is 1.68 bits per heavy atom. The fourth-order valence-corrected chi connectivity index (χ4v) is 3.53. The number of benzene rings is 2. The Labute approximate surface area is 181 Å². The summed E-state index contributed by atoms with van der Waals surface area (Å²) in [7, 11) is 0. The quantitative estimate of drug-likeness (QED) is 0.219. The highest BCUT2D eigenvalue weighted by atomic mass is 35.5. The van der Waals surface area contributed by atoms with Crippen molar-refractivity contribution in [3.8, 4) is 0 Å². The number of amides is 1. The maximum atomic E-state index is 12.8. The van der Waals surface area contributed by atoms with Gasteiger partial charge in [0.1, 0.15) is 5.76 Å². The van der Waals surface area contributed by atoms with Gasteiger partial charge in [-0.15, -0.1) is 0 Å². The first-order valence-corrected chi connectivity index (χ1v) is 9.59. The van der Waals surface area contributed by atoms with Gasteiger partial charge in [0.2, 0.25) is 0 Å². The van der Waals surface area contributed by atoms with Gasteiger partial charge in [-0.2, -0.15) is 0 Å². The summed E-state index contributed by atoms with van der Waals surface area (Å²) in [5.41, 5.74) is 0.256. The maximum Gasteiger partial charge on any atom is 0.303 e. The van der Waals surface area contributed by atoms with E-state index in [0.717, 1.165) is 0 Å². The minimum Gasteiger partial charge on any atom is -0.507 e. The molecule has 31 heavy (non-hydrogen) atoms. The zero-order valence-corrected chi connectivity index (χ0v) is 16.8. The predicted octanol–water partition coefficient (Wildman–Crippen LogP) is 3.53. The summed E-state index contributed by atoms with van der Waals surface area (Å²) in [6.07, 6.45) is -0.0806. The van der Waals surface area contributed by atoms with Crippen LogP contribution in [-0.4, -0.2) is 44.2 Å². The van der Waals surface area contributed by atoms with Crippen LogP contribution >= 0.6 is 11.6 Å². The molecule has 0 bridgehead atoms. The first-order chi connectivity index (χ1) is 14.7. The number of non-ortho nitro benzene ring substituents is 1. The van der Waals surface area contributed by atoms with Crippen LogP contribution in [0.3, 0.4) is 0 Å². The van der Waals surface area contributed by atoms with Crippen LogP contribution < -0.4 is 0 Å². The average molecular weight is 445 g/mol. The average Bonchev–Trinajstić information content (AvgIpc) is 2.98. The molecule has 1 amide bonds. The summed E-state index contributed by atoms with van der Waals surface area (Å²) in [4.78, 5) is 47.8. The molecule has 0 unspecified atom stereocenters. The van der Waals surface area contributed by atoms with E-state index in [1.165, 1.54) is 29.2 Å². The number of aliphatic hydroxyl groups is 1.